The Morgan fingerprint density at radius 1 is 1.29 bits per heavy atom. The summed E-state index contributed by atoms with van der Waals surface area (Å²) in [5.74, 6) is -1.63. The molecule has 0 saturated carbocycles. The van der Waals surface area contributed by atoms with E-state index in [2.05, 4.69) is 17.1 Å². The number of hydrogen-bond acceptors (Lipinski definition) is 7. The van der Waals surface area contributed by atoms with Gasteiger partial charge in [0.2, 0.25) is 0 Å². The molecule has 0 unspecified atom stereocenters. The molecule has 0 saturated heterocycles. The van der Waals surface area contributed by atoms with Gasteiger partial charge in [-0.3, -0.25) is 19.3 Å². The molecule has 1 N–H and O–H groups in total. The maximum Gasteiger partial charge on any atom is 0.338 e. The molecular weight excluding hydrogens is 366 g/mol. The molecular formula is C19H17N3O6. The predicted octanol–water partition coefficient (Wildman–Crippen LogP) is 1.95. The van der Waals surface area contributed by atoms with Gasteiger partial charge in [0, 0.05) is 12.6 Å². The van der Waals surface area contributed by atoms with E-state index < -0.39 is 29.8 Å². The van der Waals surface area contributed by atoms with Crippen LogP contribution in [0.1, 0.15) is 43.8 Å². The highest BCUT2D eigenvalue weighted by molar-refractivity contribution is 6.22. The summed E-state index contributed by atoms with van der Waals surface area (Å²) in [5.41, 5.74) is 0.365. The predicted molar refractivity (Wildman–Crippen MR) is 96.8 cm³/mol. The number of anilines is 1. The van der Waals surface area contributed by atoms with Crippen LogP contribution in [0.4, 0.5) is 5.82 Å². The Labute approximate surface area is 159 Å². The van der Waals surface area contributed by atoms with Gasteiger partial charge in [-0.1, -0.05) is 11.2 Å². The third-order valence-electron chi connectivity index (χ3n) is 4.05. The van der Waals surface area contributed by atoms with E-state index in [-0.39, 0.29) is 29.1 Å². The Hall–Kier alpha value is -3.75. The molecule has 3 amide bonds. The highest BCUT2D eigenvalue weighted by atomic mass is 16.5. The number of aryl methyl sites for hydroxylation is 1. The highest BCUT2D eigenvalue weighted by Gasteiger charge is 2.35. The van der Waals surface area contributed by atoms with Gasteiger partial charge in [-0.15, -0.1) is 6.58 Å². The van der Waals surface area contributed by atoms with E-state index in [4.69, 9.17) is 9.26 Å². The molecule has 0 fully saturated rings. The van der Waals surface area contributed by atoms with Gasteiger partial charge in [-0.25, -0.2) is 4.79 Å². The minimum atomic E-state index is -1.12. The summed E-state index contributed by atoms with van der Waals surface area (Å²) < 4.78 is 9.98. The van der Waals surface area contributed by atoms with Crippen LogP contribution in [0, 0.1) is 6.92 Å². The number of amides is 3. The average Bonchev–Trinajstić information content (AvgIpc) is 3.18. The summed E-state index contributed by atoms with van der Waals surface area (Å²) in [6.07, 6.45) is 0.320. The first kappa shape index (κ1) is 19.0. The molecule has 2 aromatic rings. The van der Waals surface area contributed by atoms with Gasteiger partial charge < -0.3 is 14.6 Å². The Kier molecular flexibility index (Phi) is 5.08. The van der Waals surface area contributed by atoms with Crippen LogP contribution in [0.5, 0.6) is 0 Å². The third kappa shape index (κ3) is 3.54. The van der Waals surface area contributed by atoms with Crippen molar-refractivity contribution in [1.29, 1.82) is 0 Å². The normalized spacial score (nSPS) is 13.9. The summed E-state index contributed by atoms with van der Waals surface area (Å²) in [7, 11) is 0. The van der Waals surface area contributed by atoms with Gasteiger partial charge in [-0.2, -0.15) is 0 Å². The maximum absolute atomic E-state index is 12.3. The van der Waals surface area contributed by atoms with Crippen molar-refractivity contribution in [3.8, 4) is 0 Å². The fraction of sp³-hybridized carbons (Fsp3) is 0.211. The Bertz CT molecular complexity index is 993. The van der Waals surface area contributed by atoms with Crippen molar-refractivity contribution in [3.05, 3.63) is 59.4 Å². The van der Waals surface area contributed by atoms with Crippen LogP contribution < -0.4 is 5.32 Å². The fourth-order valence-corrected chi connectivity index (χ4v) is 2.65. The van der Waals surface area contributed by atoms with Crippen LogP contribution >= 0.6 is 0 Å². The second-order valence-electron chi connectivity index (χ2n) is 6.13. The van der Waals surface area contributed by atoms with Crippen LogP contribution in [0.25, 0.3) is 0 Å². The number of esters is 1. The van der Waals surface area contributed by atoms with Crippen LogP contribution in [0.3, 0.4) is 0 Å². The molecule has 0 radical (unpaired) electrons. The molecule has 1 aromatic carbocycles. The van der Waals surface area contributed by atoms with Crippen LogP contribution in [-0.2, 0) is 9.53 Å². The van der Waals surface area contributed by atoms with E-state index in [1.807, 2.05) is 0 Å². The fourth-order valence-electron chi connectivity index (χ4n) is 2.65. The number of aromatic nitrogens is 1. The minimum Gasteiger partial charge on any atom is -0.449 e. The minimum absolute atomic E-state index is 0.0530. The van der Waals surface area contributed by atoms with Crippen LogP contribution in [-0.4, -0.2) is 46.4 Å². The van der Waals surface area contributed by atoms with Gasteiger partial charge in [0.25, 0.3) is 17.7 Å². The molecule has 1 aliphatic heterocycles. The Morgan fingerprint density at radius 3 is 2.64 bits per heavy atom. The van der Waals surface area contributed by atoms with Gasteiger partial charge in [0.05, 0.1) is 16.7 Å². The molecule has 0 bridgehead atoms. The van der Waals surface area contributed by atoms with E-state index in [0.29, 0.717) is 5.76 Å². The van der Waals surface area contributed by atoms with Gasteiger partial charge >= 0.3 is 5.97 Å². The van der Waals surface area contributed by atoms with Crippen molar-refractivity contribution in [3.63, 3.8) is 0 Å². The van der Waals surface area contributed by atoms with Crippen LogP contribution in [0.2, 0.25) is 0 Å². The molecule has 9 heteroatoms. The average molecular weight is 383 g/mol. The molecule has 1 aromatic heterocycles. The number of ether oxygens (including phenoxy) is 1. The number of nitrogens with one attached hydrogen (secondary N) is 1. The first-order valence-electron chi connectivity index (χ1n) is 8.38. The SMILES string of the molecule is C=CCN1C(=O)c2ccc(C(=O)O[C@@H](C)C(=O)Nc3cc(C)on3)cc2C1=O. The number of rotatable bonds is 6. The van der Waals surface area contributed by atoms with Crippen molar-refractivity contribution >= 4 is 29.5 Å². The smallest absolute Gasteiger partial charge is 0.338 e. The zero-order valence-corrected chi connectivity index (χ0v) is 15.2. The lowest BCUT2D eigenvalue weighted by molar-refractivity contribution is -0.123. The van der Waals surface area contributed by atoms with E-state index in [1.165, 1.54) is 37.3 Å². The Morgan fingerprint density at radius 2 is 2.00 bits per heavy atom. The van der Waals surface area contributed by atoms with E-state index in [0.717, 1.165) is 4.90 Å². The molecule has 9 nitrogen and oxygen atoms in total. The molecule has 2 heterocycles. The number of benzene rings is 1. The largest absolute Gasteiger partial charge is 0.449 e. The summed E-state index contributed by atoms with van der Waals surface area (Å²) in [5, 5.41) is 6.08. The zero-order valence-electron chi connectivity index (χ0n) is 15.2. The molecule has 0 aliphatic carbocycles. The quantitative estimate of drug-likeness (QED) is 0.460. The summed E-state index contributed by atoms with van der Waals surface area (Å²) in [4.78, 5) is 50.0. The number of fused-ring (bicyclic) bond motifs is 1. The molecule has 1 aliphatic rings. The van der Waals surface area contributed by atoms with Crippen molar-refractivity contribution in [1.82, 2.24) is 10.1 Å². The molecule has 1 atom stereocenters. The first-order chi connectivity index (χ1) is 13.3. The lowest BCUT2D eigenvalue weighted by Gasteiger charge is -2.12. The zero-order chi connectivity index (χ0) is 20.4. The Balaban J connectivity index is 1.70. The highest BCUT2D eigenvalue weighted by Crippen LogP contribution is 2.24. The van der Waals surface area contributed by atoms with Crippen LogP contribution in [0.15, 0.2) is 41.4 Å². The van der Waals surface area contributed by atoms with E-state index in [1.54, 1.807) is 6.92 Å². The summed E-state index contributed by atoms with van der Waals surface area (Å²) in [6, 6.07) is 5.56. The molecule has 28 heavy (non-hydrogen) atoms. The molecule has 3 rings (SSSR count). The number of carbonyl (C=O) groups is 4. The molecule has 0 spiro atoms. The second kappa shape index (κ2) is 7.47. The maximum atomic E-state index is 12.3. The summed E-state index contributed by atoms with van der Waals surface area (Å²) >= 11 is 0. The number of imide groups is 1. The van der Waals surface area contributed by atoms with Crippen molar-refractivity contribution in [2.75, 3.05) is 11.9 Å². The monoisotopic (exact) mass is 383 g/mol. The number of carbonyl (C=O) groups excluding carboxylic acids is 4. The van der Waals surface area contributed by atoms with Crippen molar-refractivity contribution < 1.29 is 28.4 Å². The standard InChI is InChI=1S/C19H17N3O6/c1-4-7-22-17(24)13-6-5-12(9-14(13)18(22)25)19(26)27-11(3)16(23)20-15-8-10(2)28-21-15/h4-6,8-9,11H,1,7H2,2-3H3,(H,20,21,23)/t11-/m0/s1. The number of nitrogens with zero attached hydrogens (tertiary/aromatic N) is 2. The van der Waals surface area contributed by atoms with Crippen molar-refractivity contribution in [2.45, 2.75) is 20.0 Å². The van der Waals surface area contributed by atoms with E-state index in [9.17, 15) is 19.2 Å². The molecule has 144 valence electrons. The lowest BCUT2D eigenvalue weighted by Crippen LogP contribution is -2.30. The third-order valence-corrected chi connectivity index (χ3v) is 4.05. The topological polar surface area (TPSA) is 119 Å². The van der Waals surface area contributed by atoms with E-state index >= 15 is 0 Å². The van der Waals surface area contributed by atoms with Gasteiger partial charge in [0.1, 0.15) is 5.76 Å². The lowest BCUT2D eigenvalue weighted by atomic mass is 10.1. The van der Waals surface area contributed by atoms with Crippen molar-refractivity contribution in [2.24, 2.45) is 0 Å². The van der Waals surface area contributed by atoms with Gasteiger partial charge in [0.15, 0.2) is 11.9 Å². The first-order valence-corrected chi connectivity index (χ1v) is 8.38. The second-order valence-corrected chi connectivity index (χ2v) is 6.13. The number of hydrogen-bond donors (Lipinski definition) is 1. The summed E-state index contributed by atoms with van der Waals surface area (Å²) in [6.45, 7) is 6.65. The van der Waals surface area contributed by atoms with Gasteiger partial charge in [-0.05, 0) is 32.0 Å².